The smallest absolute Gasteiger partial charge is 0.0538 e. The van der Waals surface area contributed by atoms with Crippen molar-refractivity contribution in [3.63, 3.8) is 0 Å². The Labute approximate surface area is 114 Å². The molecule has 2 heterocycles. The van der Waals surface area contributed by atoms with Crippen LogP contribution in [-0.2, 0) is 7.05 Å². The first kappa shape index (κ1) is 13.9. The molecule has 2 N–H and O–H groups in total. The highest BCUT2D eigenvalue weighted by atomic mass is 32.2. The number of thioether (sulfide) groups is 1. The van der Waals surface area contributed by atoms with Crippen molar-refractivity contribution < 1.29 is 0 Å². The van der Waals surface area contributed by atoms with Crippen LogP contribution in [0.4, 0.5) is 0 Å². The van der Waals surface area contributed by atoms with E-state index in [0.29, 0.717) is 6.04 Å². The van der Waals surface area contributed by atoms with E-state index in [1.165, 1.54) is 17.7 Å². The molecular weight excluding hydrogens is 244 g/mol. The normalized spacial score (nSPS) is 25.0. The predicted octanol–water partition coefficient (Wildman–Crippen LogP) is 1.64. The average Bonchev–Trinajstić information content (AvgIpc) is 2.75. The SMILES string of the molecule is CCC1CN(C(c2cnn(C)c2)C(C)N)CCS1. The quantitative estimate of drug-likeness (QED) is 0.902. The van der Waals surface area contributed by atoms with E-state index in [9.17, 15) is 0 Å². The van der Waals surface area contributed by atoms with Gasteiger partial charge in [-0.25, -0.2) is 0 Å². The van der Waals surface area contributed by atoms with Gasteiger partial charge in [-0.15, -0.1) is 0 Å². The Balaban J connectivity index is 2.14. The van der Waals surface area contributed by atoms with Gasteiger partial charge in [0.05, 0.1) is 12.2 Å². The Morgan fingerprint density at radius 2 is 2.39 bits per heavy atom. The van der Waals surface area contributed by atoms with Crippen LogP contribution in [0.1, 0.15) is 31.9 Å². The van der Waals surface area contributed by atoms with Crippen molar-refractivity contribution in [3.05, 3.63) is 18.0 Å². The van der Waals surface area contributed by atoms with Crippen LogP contribution in [0.15, 0.2) is 12.4 Å². The summed E-state index contributed by atoms with van der Waals surface area (Å²) in [7, 11) is 1.96. The van der Waals surface area contributed by atoms with Crippen molar-refractivity contribution in [2.45, 2.75) is 37.6 Å². The summed E-state index contributed by atoms with van der Waals surface area (Å²) in [6.45, 7) is 6.64. The Kier molecular flexibility index (Phi) is 4.70. The summed E-state index contributed by atoms with van der Waals surface area (Å²) in [5.41, 5.74) is 7.45. The van der Waals surface area contributed by atoms with Gasteiger partial charge in [0.15, 0.2) is 0 Å². The van der Waals surface area contributed by atoms with Gasteiger partial charge in [0.25, 0.3) is 0 Å². The molecule has 3 unspecified atom stereocenters. The van der Waals surface area contributed by atoms with Crippen molar-refractivity contribution in [3.8, 4) is 0 Å². The monoisotopic (exact) mass is 268 g/mol. The topological polar surface area (TPSA) is 47.1 Å². The first-order valence-electron chi connectivity index (χ1n) is 6.71. The molecule has 4 nitrogen and oxygen atoms in total. The standard InChI is InChI=1S/C13H24N4S/c1-4-12-9-17(5-6-18-12)13(10(2)14)11-7-15-16(3)8-11/h7-8,10,12-13H,4-6,9,14H2,1-3H3. The van der Waals surface area contributed by atoms with Crippen LogP contribution in [0.3, 0.4) is 0 Å². The number of hydrogen-bond acceptors (Lipinski definition) is 4. The van der Waals surface area contributed by atoms with E-state index >= 15 is 0 Å². The zero-order chi connectivity index (χ0) is 13.1. The van der Waals surface area contributed by atoms with E-state index in [4.69, 9.17) is 5.73 Å². The van der Waals surface area contributed by atoms with E-state index in [0.717, 1.165) is 18.3 Å². The molecule has 0 bridgehead atoms. The molecular formula is C13H24N4S. The molecule has 0 saturated carbocycles. The molecule has 1 aliphatic rings. The summed E-state index contributed by atoms with van der Waals surface area (Å²) >= 11 is 2.09. The maximum absolute atomic E-state index is 6.21. The predicted molar refractivity (Wildman–Crippen MR) is 77.7 cm³/mol. The highest BCUT2D eigenvalue weighted by molar-refractivity contribution is 8.00. The van der Waals surface area contributed by atoms with Crippen LogP contribution in [0.5, 0.6) is 0 Å². The first-order chi connectivity index (χ1) is 8.61. The van der Waals surface area contributed by atoms with E-state index < -0.39 is 0 Å². The Morgan fingerprint density at radius 3 is 2.94 bits per heavy atom. The number of aryl methyl sites for hydroxylation is 1. The van der Waals surface area contributed by atoms with E-state index in [2.05, 4.69) is 41.8 Å². The fourth-order valence-corrected chi connectivity index (χ4v) is 3.89. The molecule has 0 aromatic carbocycles. The zero-order valence-corrected chi connectivity index (χ0v) is 12.4. The minimum absolute atomic E-state index is 0.134. The summed E-state index contributed by atoms with van der Waals surface area (Å²) in [6, 6.07) is 0.434. The molecule has 1 fully saturated rings. The fourth-order valence-electron chi connectivity index (χ4n) is 2.68. The second kappa shape index (κ2) is 6.08. The third-order valence-corrected chi connectivity index (χ3v) is 4.96. The molecule has 18 heavy (non-hydrogen) atoms. The lowest BCUT2D eigenvalue weighted by Crippen LogP contribution is -2.45. The lowest BCUT2D eigenvalue weighted by molar-refractivity contribution is 0.181. The van der Waals surface area contributed by atoms with Crippen LogP contribution in [0.2, 0.25) is 0 Å². The minimum atomic E-state index is 0.134. The molecule has 1 aromatic heterocycles. The van der Waals surface area contributed by atoms with Gasteiger partial charge in [-0.2, -0.15) is 16.9 Å². The molecule has 102 valence electrons. The van der Waals surface area contributed by atoms with Crippen LogP contribution in [0, 0.1) is 0 Å². The second-order valence-corrected chi connectivity index (χ2v) is 6.56. The van der Waals surface area contributed by atoms with Crippen LogP contribution in [-0.4, -0.2) is 44.8 Å². The van der Waals surface area contributed by atoms with Gasteiger partial charge < -0.3 is 5.73 Å². The maximum Gasteiger partial charge on any atom is 0.0538 e. The van der Waals surface area contributed by atoms with E-state index in [-0.39, 0.29) is 6.04 Å². The number of aromatic nitrogens is 2. The molecule has 0 amide bonds. The van der Waals surface area contributed by atoms with Crippen LogP contribution >= 0.6 is 11.8 Å². The Hall–Kier alpha value is -0.520. The summed E-state index contributed by atoms with van der Waals surface area (Å²) in [5, 5.41) is 5.03. The van der Waals surface area contributed by atoms with Crippen molar-refractivity contribution in [2.24, 2.45) is 12.8 Å². The molecule has 3 atom stereocenters. The van der Waals surface area contributed by atoms with Gasteiger partial charge in [-0.1, -0.05) is 6.92 Å². The highest BCUT2D eigenvalue weighted by Crippen LogP contribution is 2.30. The van der Waals surface area contributed by atoms with Gasteiger partial charge in [0.2, 0.25) is 0 Å². The van der Waals surface area contributed by atoms with Crippen LogP contribution < -0.4 is 5.73 Å². The first-order valence-corrected chi connectivity index (χ1v) is 7.76. The van der Waals surface area contributed by atoms with Crippen molar-refractivity contribution in [1.82, 2.24) is 14.7 Å². The number of nitrogens with two attached hydrogens (primary N) is 1. The molecule has 1 aromatic rings. The molecule has 0 radical (unpaired) electrons. The van der Waals surface area contributed by atoms with Gasteiger partial charge in [-0.05, 0) is 13.3 Å². The molecule has 2 rings (SSSR count). The summed E-state index contributed by atoms with van der Waals surface area (Å²) < 4.78 is 1.86. The largest absolute Gasteiger partial charge is 0.326 e. The lowest BCUT2D eigenvalue weighted by atomic mass is 10.0. The number of rotatable bonds is 4. The highest BCUT2D eigenvalue weighted by Gasteiger charge is 2.29. The van der Waals surface area contributed by atoms with Gasteiger partial charge in [-0.3, -0.25) is 9.58 Å². The Morgan fingerprint density at radius 1 is 1.61 bits per heavy atom. The number of hydrogen-bond donors (Lipinski definition) is 1. The average molecular weight is 268 g/mol. The third kappa shape index (κ3) is 3.08. The molecule has 1 saturated heterocycles. The van der Waals surface area contributed by atoms with Gasteiger partial charge in [0.1, 0.15) is 0 Å². The molecule has 5 heteroatoms. The van der Waals surface area contributed by atoms with Crippen molar-refractivity contribution in [1.29, 1.82) is 0 Å². The van der Waals surface area contributed by atoms with Crippen LogP contribution in [0.25, 0.3) is 0 Å². The number of nitrogens with zero attached hydrogens (tertiary/aromatic N) is 3. The molecule has 0 spiro atoms. The van der Waals surface area contributed by atoms with Gasteiger partial charge in [0, 0.05) is 48.9 Å². The Bertz CT molecular complexity index is 377. The van der Waals surface area contributed by atoms with Crippen molar-refractivity contribution >= 4 is 11.8 Å². The summed E-state index contributed by atoms with van der Waals surface area (Å²) in [5.74, 6) is 1.21. The fraction of sp³-hybridized carbons (Fsp3) is 0.769. The maximum atomic E-state index is 6.21. The van der Waals surface area contributed by atoms with Gasteiger partial charge >= 0.3 is 0 Å². The lowest BCUT2D eigenvalue weighted by Gasteiger charge is -2.39. The molecule has 0 aliphatic carbocycles. The molecule has 1 aliphatic heterocycles. The zero-order valence-electron chi connectivity index (χ0n) is 11.5. The van der Waals surface area contributed by atoms with E-state index in [1.54, 1.807) is 0 Å². The second-order valence-electron chi connectivity index (χ2n) is 5.15. The minimum Gasteiger partial charge on any atom is -0.326 e. The summed E-state index contributed by atoms with van der Waals surface area (Å²) in [6.07, 6.45) is 5.29. The van der Waals surface area contributed by atoms with E-state index in [1.807, 2.05) is 17.9 Å². The summed E-state index contributed by atoms with van der Waals surface area (Å²) in [4.78, 5) is 2.53. The van der Waals surface area contributed by atoms with Crippen molar-refractivity contribution in [2.75, 3.05) is 18.8 Å². The third-order valence-electron chi connectivity index (χ3n) is 3.58.